The zero-order chi connectivity index (χ0) is 37.0. The van der Waals surface area contributed by atoms with Crippen LogP contribution in [0, 0.1) is 0 Å². The van der Waals surface area contributed by atoms with Gasteiger partial charge in [0.2, 0.25) is 0 Å². The van der Waals surface area contributed by atoms with Crippen molar-refractivity contribution < 1.29 is 0 Å². The van der Waals surface area contributed by atoms with Crippen molar-refractivity contribution in [2.75, 3.05) is 0 Å². The van der Waals surface area contributed by atoms with E-state index >= 15 is 0 Å². The van der Waals surface area contributed by atoms with Crippen LogP contribution in [0.2, 0.25) is 0 Å². The third-order valence-corrected chi connectivity index (χ3v) is 10.8. The SMILES string of the molecule is c1ccc(-c2ccc3ccc4ccc(-c5ccc(-c6ccc7ccc(-c8ccc9ccc(-c%10cccc%11ccccc%10%11)cc9n8)cc7n6)cc5)nc4c3n2)cc1. The topological polar surface area (TPSA) is 51.6 Å². The van der Waals surface area contributed by atoms with Crippen molar-refractivity contribution in [3.05, 3.63) is 194 Å². The van der Waals surface area contributed by atoms with Crippen LogP contribution in [0.4, 0.5) is 0 Å². The molecule has 0 saturated carbocycles. The fraction of sp³-hybridized carbons (Fsp3) is 0. The quantitative estimate of drug-likeness (QED) is 0.167. The molecule has 0 atom stereocenters. The lowest BCUT2D eigenvalue weighted by molar-refractivity contribution is 1.36. The maximum Gasteiger partial charge on any atom is 0.0972 e. The molecule has 4 nitrogen and oxygen atoms in total. The third-order valence-electron chi connectivity index (χ3n) is 10.8. The van der Waals surface area contributed by atoms with Gasteiger partial charge in [-0.15, -0.1) is 0 Å². The average molecular weight is 713 g/mol. The lowest BCUT2D eigenvalue weighted by atomic mass is 9.97. The van der Waals surface area contributed by atoms with Gasteiger partial charge in [-0.2, -0.15) is 0 Å². The summed E-state index contributed by atoms with van der Waals surface area (Å²) in [4.78, 5) is 20.5. The summed E-state index contributed by atoms with van der Waals surface area (Å²) in [7, 11) is 0. The standard InChI is InChI=1S/C52H32N4/c1-2-8-34(9-3-1)46-29-25-39-19-20-40-26-30-47(56-52(40)51(39)55-46)36-15-13-35(14-16-36)45-27-23-38-18-22-42(32-50(38)53-45)48-28-24-37-17-21-41(31-49(37)54-48)44-12-6-10-33-7-4-5-11-43(33)44/h1-32H. The molecule has 11 aromatic rings. The van der Waals surface area contributed by atoms with Crippen LogP contribution in [0.5, 0.6) is 0 Å². The fourth-order valence-electron chi connectivity index (χ4n) is 7.87. The molecule has 0 amide bonds. The zero-order valence-electron chi connectivity index (χ0n) is 30.3. The highest BCUT2D eigenvalue weighted by Gasteiger charge is 2.12. The second kappa shape index (κ2) is 13.1. The summed E-state index contributed by atoms with van der Waals surface area (Å²) >= 11 is 0. The van der Waals surface area contributed by atoms with Gasteiger partial charge in [-0.3, -0.25) is 0 Å². The predicted octanol–water partition coefficient (Wildman–Crippen LogP) is 13.4. The molecule has 0 aliphatic heterocycles. The van der Waals surface area contributed by atoms with Crippen molar-refractivity contribution >= 4 is 54.4 Å². The molecule has 11 rings (SSSR count). The van der Waals surface area contributed by atoms with E-state index in [-0.39, 0.29) is 0 Å². The molecule has 0 radical (unpaired) electrons. The molecule has 4 aromatic heterocycles. The summed E-state index contributed by atoms with van der Waals surface area (Å²) in [5.74, 6) is 0. The lowest BCUT2D eigenvalue weighted by Crippen LogP contribution is -1.91. The van der Waals surface area contributed by atoms with E-state index in [1.54, 1.807) is 0 Å². The Morgan fingerprint density at radius 2 is 0.679 bits per heavy atom. The van der Waals surface area contributed by atoms with Crippen molar-refractivity contribution in [2.45, 2.75) is 0 Å². The number of rotatable bonds is 5. The minimum Gasteiger partial charge on any atom is -0.248 e. The van der Waals surface area contributed by atoms with Gasteiger partial charge in [0.05, 0.1) is 44.8 Å². The molecule has 0 bridgehead atoms. The van der Waals surface area contributed by atoms with Crippen LogP contribution >= 0.6 is 0 Å². The van der Waals surface area contributed by atoms with Crippen molar-refractivity contribution in [1.82, 2.24) is 19.9 Å². The number of aromatic nitrogens is 4. The molecular weight excluding hydrogens is 681 g/mol. The van der Waals surface area contributed by atoms with E-state index in [1.807, 2.05) is 18.2 Å². The molecule has 0 aliphatic carbocycles. The van der Waals surface area contributed by atoms with Gasteiger partial charge in [0.25, 0.3) is 0 Å². The average Bonchev–Trinajstić information content (AvgIpc) is 3.28. The second-order valence-corrected chi connectivity index (χ2v) is 14.3. The summed E-state index contributed by atoms with van der Waals surface area (Å²) in [6, 6.07) is 68.0. The summed E-state index contributed by atoms with van der Waals surface area (Å²) in [6.07, 6.45) is 0. The minimum atomic E-state index is 0.903. The van der Waals surface area contributed by atoms with Gasteiger partial charge in [0.1, 0.15) is 0 Å². The number of nitrogens with zero attached hydrogens (tertiary/aromatic N) is 4. The monoisotopic (exact) mass is 712 g/mol. The Bertz CT molecular complexity index is 3290. The third kappa shape index (κ3) is 5.64. The molecule has 0 fully saturated rings. The van der Waals surface area contributed by atoms with Crippen LogP contribution in [0.15, 0.2) is 194 Å². The van der Waals surface area contributed by atoms with Crippen LogP contribution in [0.3, 0.4) is 0 Å². The van der Waals surface area contributed by atoms with Crippen molar-refractivity contribution in [3.8, 4) is 56.2 Å². The van der Waals surface area contributed by atoms with Gasteiger partial charge in [0.15, 0.2) is 0 Å². The van der Waals surface area contributed by atoms with Gasteiger partial charge >= 0.3 is 0 Å². The number of fused-ring (bicyclic) bond motifs is 6. The minimum absolute atomic E-state index is 0.903. The van der Waals surface area contributed by atoms with Crippen LogP contribution in [-0.2, 0) is 0 Å². The number of pyridine rings is 4. The maximum atomic E-state index is 5.16. The fourth-order valence-corrected chi connectivity index (χ4v) is 7.87. The first kappa shape index (κ1) is 31.9. The summed E-state index contributed by atoms with van der Waals surface area (Å²) in [5.41, 5.74) is 14.0. The van der Waals surface area contributed by atoms with E-state index in [2.05, 4.69) is 176 Å². The summed E-state index contributed by atoms with van der Waals surface area (Å²) < 4.78 is 0. The van der Waals surface area contributed by atoms with E-state index in [9.17, 15) is 0 Å². The Morgan fingerprint density at radius 1 is 0.250 bits per heavy atom. The number of benzene rings is 7. The van der Waals surface area contributed by atoms with Gasteiger partial charge in [-0.05, 0) is 58.3 Å². The Balaban J connectivity index is 0.906. The van der Waals surface area contributed by atoms with Gasteiger partial charge < -0.3 is 0 Å². The Hall–Kier alpha value is -7.56. The van der Waals surface area contributed by atoms with Crippen molar-refractivity contribution in [3.63, 3.8) is 0 Å². The van der Waals surface area contributed by atoms with Gasteiger partial charge in [-0.25, -0.2) is 19.9 Å². The highest BCUT2D eigenvalue weighted by Crippen LogP contribution is 2.33. The largest absolute Gasteiger partial charge is 0.248 e. The van der Waals surface area contributed by atoms with E-state index in [0.717, 1.165) is 94.2 Å². The van der Waals surface area contributed by atoms with Crippen LogP contribution in [0.25, 0.3) is 111 Å². The molecule has 260 valence electrons. The Morgan fingerprint density at radius 3 is 1.32 bits per heavy atom. The first-order chi connectivity index (χ1) is 27.7. The molecule has 0 N–H and O–H groups in total. The molecule has 4 heterocycles. The first-order valence-electron chi connectivity index (χ1n) is 18.9. The first-order valence-corrected chi connectivity index (χ1v) is 18.9. The molecule has 4 heteroatoms. The summed E-state index contributed by atoms with van der Waals surface area (Å²) in [6.45, 7) is 0. The van der Waals surface area contributed by atoms with E-state index in [0.29, 0.717) is 0 Å². The molecule has 0 saturated heterocycles. The molecule has 0 aliphatic rings. The molecule has 56 heavy (non-hydrogen) atoms. The van der Waals surface area contributed by atoms with Crippen LogP contribution in [0.1, 0.15) is 0 Å². The van der Waals surface area contributed by atoms with E-state index in [4.69, 9.17) is 19.9 Å². The van der Waals surface area contributed by atoms with Crippen LogP contribution in [-0.4, -0.2) is 19.9 Å². The van der Waals surface area contributed by atoms with Crippen molar-refractivity contribution in [2.24, 2.45) is 0 Å². The summed E-state index contributed by atoms with van der Waals surface area (Å²) in [5, 5.41) is 6.82. The zero-order valence-corrected chi connectivity index (χ0v) is 30.3. The highest BCUT2D eigenvalue weighted by molar-refractivity contribution is 6.04. The Kier molecular flexibility index (Phi) is 7.46. The van der Waals surface area contributed by atoms with Gasteiger partial charge in [0, 0.05) is 43.8 Å². The second-order valence-electron chi connectivity index (χ2n) is 14.3. The number of hydrogen-bond donors (Lipinski definition) is 0. The van der Waals surface area contributed by atoms with Crippen molar-refractivity contribution in [1.29, 1.82) is 0 Å². The lowest BCUT2D eigenvalue weighted by Gasteiger charge is -2.10. The normalized spacial score (nSPS) is 11.6. The van der Waals surface area contributed by atoms with E-state index in [1.165, 1.54) is 16.3 Å². The smallest absolute Gasteiger partial charge is 0.0972 e. The maximum absolute atomic E-state index is 5.16. The highest BCUT2D eigenvalue weighted by atomic mass is 14.8. The predicted molar refractivity (Wildman–Crippen MR) is 232 cm³/mol. The number of hydrogen-bond acceptors (Lipinski definition) is 4. The van der Waals surface area contributed by atoms with Gasteiger partial charge in [-0.1, -0.05) is 158 Å². The molecule has 7 aromatic carbocycles. The van der Waals surface area contributed by atoms with E-state index < -0.39 is 0 Å². The molecule has 0 unspecified atom stereocenters. The Labute approximate surface area is 323 Å². The molecular formula is C52H32N4. The molecule has 0 spiro atoms. The van der Waals surface area contributed by atoms with Crippen LogP contribution < -0.4 is 0 Å².